The van der Waals surface area contributed by atoms with E-state index in [-0.39, 0.29) is 5.97 Å². The second kappa shape index (κ2) is 7.96. The molecule has 0 radical (unpaired) electrons. The fourth-order valence-electron chi connectivity index (χ4n) is 2.88. The van der Waals surface area contributed by atoms with Crippen LogP contribution in [0.5, 0.6) is 0 Å². The smallest absolute Gasteiger partial charge is 0.338 e. The fourth-order valence-corrected chi connectivity index (χ4v) is 2.88. The summed E-state index contributed by atoms with van der Waals surface area (Å²) in [5.41, 5.74) is 1.41. The average Bonchev–Trinajstić information content (AvgIpc) is 2.63. The number of anilines is 3. The number of hydrogen-bond donors (Lipinski definition) is 1. The molecule has 0 unspecified atom stereocenters. The van der Waals surface area contributed by atoms with Gasteiger partial charge in [-0.05, 0) is 49.9 Å². The highest BCUT2D eigenvalue weighted by molar-refractivity contribution is 5.89. The van der Waals surface area contributed by atoms with Gasteiger partial charge in [0.2, 0.25) is 0 Å². The Kier molecular flexibility index (Phi) is 5.48. The van der Waals surface area contributed by atoms with Crippen LogP contribution in [-0.4, -0.2) is 35.6 Å². The Balaban J connectivity index is 1.67. The number of esters is 1. The third-order valence-corrected chi connectivity index (χ3v) is 4.43. The molecule has 1 aliphatic rings. The second-order valence-corrected chi connectivity index (χ2v) is 6.35. The Morgan fingerprint density at radius 2 is 1.96 bits per heavy atom. The molecular weight excluding hydrogens is 316 g/mol. The lowest BCUT2D eigenvalue weighted by Gasteiger charge is -2.31. The number of carbonyl (C=O) groups is 1. The van der Waals surface area contributed by atoms with Gasteiger partial charge in [-0.3, -0.25) is 0 Å². The molecule has 2 heterocycles. The minimum Gasteiger partial charge on any atom is -0.462 e. The lowest BCUT2D eigenvalue weighted by atomic mass is 9.99. The zero-order chi connectivity index (χ0) is 17.6. The summed E-state index contributed by atoms with van der Waals surface area (Å²) in [6.45, 7) is 6.53. The fraction of sp³-hybridized carbons (Fsp3) is 0.421. The van der Waals surface area contributed by atoms with Crippen molar-refractivity contribution in [3.05, 3.63) is 42.2 Å². The third-order valence-electron chi connectivity index (χ3n) is 4.43. The monoisotopic (exact) mass is 340 g/mol. The minimum absolute atomic E-state index is 0.308. The Morgan fingerprint density at radius 3 is 2.64 bits per heavy atom. The standard InChI is InChI=1S/C19H24N4O2/c1-3-25-19(24)15-4-6-16(7-5-15)22-17-12-18(21-13-20-17)23-10-8-14(2)9-11-23/h4-7,12-14H,3,8-11H2,1-2H3,(H,20,21,22). The summed E-state index contributed by atoms with van der Waals surface area (Å²) in [6, 6.07) is 9.14. The molecule has 6 heteroatoms. The SMILES string of the molecule is CCOC(=O)c1ccc(Nc2cc(N3CCC(C)CC3)ncn2)cc1. The van der Waals surface area contributed by atoms with E-state index >= 15 is 0 Å². The van der Waals surface area contributed by atoms with Crippen molar-refractivity contribution in [2.24, 2.45) is 5.92 Å². The molecule has 1 fully saturated rings. The molecule has 2 aromatic rings. The predicted octanol–water partition coefficient (Wildman–Crippen LogP) is 3.63. The van der Waals surface area contributed by atoms with E-state index in [9.17, 15) is 4.79 Å². The first-order chi connectivity index (χ1) is 12.2. The lowest BCUT2D eigenvalue weighted by Crippen LogP contribution is -2.33. The van der Waals surface area contributed by atoms with Crippen molar-refractivity contribution in [3.8, 4) is 0 Å². The second-order valence-electron chi connectivity index (χ2n) is 6.35. The van der Waals surface area contributed by atoms with Gasteiger partial charge in [-0.25, -0.2) is 14.8 Å². The van der Waals surface area contributed by atoms with Crippen LogP contribution < -0.4 is 10.2 Å². The summed E-state index contributed by atoms with van der Waals surface area (Å²) >= 11 is 0. The van der Waals surface area contributed by atoms with Gasteiger partial charge in [-0.2, -0.15) is 0 Å². The molecule has 0 spiro atoms. The van der Waals surface area contributed by atoms with Gasteiger partial charge in [0.05, 0.1) is 12.2 Å². The Morgan fingerprint density at radius 1 is 1.24 bits per heavy atom. The van der Waals surface area contributed by atoms with E-state index in [1.165, 1.54) is 12.8 Å². The highest BCUT2D eigenvalue weighted by Gasteiger charge is 2.17. The number of ether oxygens (including phenoxy) is 1. The van der Waals surface area contributed by atoms with Gasteiger partial charge in [-0.15, -0.1) is 0 Å². The van der Waals surface area contributed by atoms with E-state index in [0.717, 1.165) is 36.3 Å². The summed E-state index contributed by atoms with van der Waals surface area (Å²) in [5.74, 6) is 2.17. The van der Waals surface area contributed by atoms with Crippen molar-refractivity contribution >= 4 is 23.3 Å². The zero-order valence-corrected chi connectivity index (χ0v) is 14.7. The van der Waals surface area contributed by atoms with Crippen molar-refractivity contribution in [3.63, 3.8) is 0 Å². The maximum absolute atomic E-state index is 11.7. The topological polar surface area (TPSA) is 67.3 Å². The van der Waals surface area contributed by atoms with Gasteiger partial charge in [0.15, 0.2) is 0 Å². The average molecular weight is 340 g/mol. The van der Waals surface area contributed by atoms with Crippen LogP contribution in [-0.2, 0) is 4.74 Å². The summed E-state index contributed by atoms with van der Waals surface area (Å²) < 4.78 is 4.99. The van der Waals surface area contributed by atoms with E-state index in [2.05, 4.69) is 27.1 Å². The Hall–Kier alpha value is -2.63. The molecule has 1 aromatic carbocycles. The van der Waals surface area contributed by atoms with Crippen molar-refractivity contribution in [2.45, 2.75) is 26.7 Å². The quantitative estimate of drug-likeness (QED) is 0.838. The van der Waals surface area contributed by atoms with E-state index in [1.54, 1.807) is 25.4 Å². The largest absolute Gasteiger partial charge is 0.462 e. The van der Waals surface area contributed by atoms with Crippen molar-refractivity contribution in [2.75, 3.05) is 29.9 Å². The van der Waals surface area contributed by atoms with Gasteiger partial charge in [0.25, 0.3) is 0 Å². The maximum Gasteiger partial charge on any atom is 0.338 e. The first-order valence-corrected chi connectivity index (χ1v) is 8.77. The van der Waals surface area contributed by atoms with Crippen LogP contribution in [0.15, 0.2) is 36.7 Å². The molecule has 0 atom stereocenters. The number of rotatable bonds is 5. The van der Waals surface area contributed by atoms with Gasteiger partial charge in [0.1, 0.15) is 18.0 Å². The molecule has 1 aliphatic heterocycles. The van der Waals surface area contributed by atoms with Gasteiger partial charge >= 0.3 is 5.97 Å². The van der Waals surface area contributed by atoms with Crippen LogP contribution in [0.25, 0.3) is 0 Å². The molecule has 1 N–H and O–H groups in total. The van der Waals surface area contributed by atoms with Crippen LogP contribution in [0.1, 0.15) is 37.0 Å². The van der Waals surface area contributed by atoms with Gasteiger partial charge in [0, 0.05) is 24.8 Å². The predicted molar refractivity (Wildman–Crippen MR) is 98.3 cm³/mol. The minimum atomic E-state index is -0.308. The van der Waals surface area contributed by atoms with Crippen LogP contribution >= 0.6 is 0 Å². The number of carbonyl (C=O) groups excluding carboxylic acids is 1. The first kappa shape index (κ1) is 17.2. The highest BCUT2D eigenvalue weighted by atomic mass is 16.5. The molecule has 0 aliphatic carbocycles. The summed E-state index contributed by atoms with van der Waals surface area (Å²) in [7, 11) is 0. The molecule has 3 rings (SSSR count). The zero-order valence-electron chi connectivity index (χ0n) is 14.7. The Bertz CT molecular complexity index is 710. The molecule has 6 nitrogen and oxygen atoms in total. The van der Waals surface area contributed by atoms with E-state index in [1.807, 2.05) is 18.2 Å². The Labute approximate surface area is 148 Å². The van der Waals surface area contributed by atoms with E-state index < -0.39 is 0 Å². The molecular formula is C19H24N4O2. The number of benzene rings is 1. The maximum atomic E-state index is 11.7. The highest BCUT2D eigenvalue weighted by Crippen LogP contribution is 2.23. The lowest BCUT2D eigenvalue weighted by molar-refractivity contribution is 0.0526. The molecule has 1 aromatic heterocycles. The van der Waals surface area contributed by atoms with Crippen molar-refractivity contribution in [1.82, 2.24) is 9.97 Å². The van der Waals surface area contributed by atoms with E-state index in [4.69, 9.17) is 4.74 Å². The number of piperidine rings is 1. The van der Waals surface area contributed by atoms with Crippen LogP contribution in [0.2, 0.25) is 0 Å². The van der Waals surface area contributed by atoms with Crippen molar-refractivity contribution < 1.29 is 9.53 Å². The van der Waals surface area contributed by atoms with Crippen LogP contribution in [0.3, 0.4) is 0 Å². The van der Waals surface area contributed by atoms with Gasteiger partial charge < -0.3 is 15.0 Å². The van der Waals surface area contributed by atoms with Crippen molar-refractivity contribution in [1.29, 1.82) is 0 Å². The van der Waals surface area contributed by atoms with Gasteiger partial charge in [-0.1, -0.05) is 6.92 Å². The number of hydrogen-bond acceptors (Lipinski definition) is 6. The molecule has 132 valence electrons. The summed E-state index contributed by atoms with van der Waals surface area (Å²) in [6.07, 6.45) is 3.98. The molecule has 0 bridgehead atoms. The number of aromatic nitrogens is 2. The molecule has 0 amide bonds. The number of nitrogens with zero attached hydrogens (tertiary/aromatic N) is 3. The molecule has 25 heavy (non-hydrogen) atoms. The normalized spacial score (nSPS) is 15.0. The summed E-state index contributed by atoms with van der Waals surface area (Å²) in [4.78, 5) is 22.7. The molecule has 0 saturated carbocycles. The van der Waals surface area contributed by atoms with E-state index in [0.29, 0.717) is 12.2 Å². The third kappa shape index (κ3) is 4.47. The molecule has 1 saturated heterocycles. The first-order valence-electron chi connectivity index (χ1n) is 8.77. The summed E-state index contributed by atoms with van der Waals surface area (Å²) in [5, 5.41) is 3.26. The van der Waals surface area contributed by atoms with Crippen LogP contribution in [0.4, 0.5) is 17.3 Å². The van der Waals surface area contributed by atoms with Crippen LogP contribution in [0, 0.1) is 5.92 Å². The number of nitrogens with one attached hydrogen (secondary N) is 1.